The van der Waals surface area contributed by atoms with Crippen LogP contribution < -0.4 is 10.5 Å². The second-order valence-corrected chi connectivity index (χ2v) is 6.98. The van der Waals surface area contributed by atoms with E-state index in [0.29, 0.717) is 16.9 Å². The number of nitrogens with two attached hydrogens (primary N) is 1. The lowest BCUT2D eigenvalue weighted by Crippen LogP contribution is -2.19. The second-order valence-electron chi connectivity index (χ2n) is 5.45. The molecular formula is C14H13F3N6O2S. The van der Waals surface area contributed by atoms with E-state index >= 15 is 0 Å². The van der Waals surface area contributed by atoms with Crippen LogP contribution in [-0.2, 0) is 29.8 Å². The number of fused-ring (bicyclic) bond motifs is 1. The Labute approximate surface area is 145 Å². The summed E-state index contributed by atoms with van der Waals surface area (Å²) in [6.45, 7) is -0.0189. The molecule has 1 aromatic carbocycles. The van der Waals surface area contributed by atoms with Gasteiger partial charge in [0.1, 0.15) is 12.1 Å². The van der Waals surface area contributed by atoms with Gasteiger partial charge in [0.25, 0.3) is 0 Å². The summed E-state index contributed by atoms with van der Waals surface area (Å²) in [7, 11) is -2.80. The lowest BCUT2D eigenvalue weighted by molar-refractivity contribution is -0.139. The average molecular weight is 386 g/mol. The van der Waals surface area contributed by atoms with Crippen molar-refractivity contribution in [2.45, 2.75) is 17.6 Å². The van der Waals surface area contributed by atoms with Crippen LogP contribution in [0.25, 0.3) is 11.0 Å². The van der Waals surface area contributed by atoms with E-state index < -0.39 is 26.7 Å². The van der Waals surface area contributed by atoms with Gasteiger partial charge < -0.3 is 5.32 Å². The first-order chi connectivity index (χ1) is 12.1. The van der Waals surface area contributed by atoms with Crippen LogP contribution in [0.3, 0.4) is 0 Å². The molecule has 0 unspecified atom stereocenters. The number of anilines is 1. The van der Waals surface area contributed by atoms with Gasteiger partial charge in [0, 0.05) is 13.6 Å². The largest absolute Gasteiger partial charge is 0.417 e. The van der Waals surface area contributed by atoms with Crippen LogP contribution in [-0.4, -0.2) is 28.2 Å². The minimum Gasteiger partial charge on any atom is -0.365 e. The van der Waals surface area contributed by atoms with E-state index in [0.717, 1.165) is 12.1 Å². The summed E-state index contributed by atoms with van der Waals surface area (Å²) in [5, 5.41) is 12.4. The third kappa shape index (κ3) is 3.46. The van der Waals surface area contributed by atoms with Gasteiger partial charge in [0.2, 0.25) is 10.0 Å². The number of aromatic nitrogens is 4. The molecule has 0 amide bonds. The Morgan fingerprint density at radius 2 is 2.00 bits per heavy atom. The Kier molecular flexibility index (Phi) is 4.32. The smallest absolute Gasteiger partial charge is 0.365 e. The number of alkyl halides is 3. The number of nitrogens with zero attached hydrogens (tertiary/aromatic N) is 4. The van der Waals surface area contributed by atoms with Gasteiger partial charge in [-0.3, -0.25) is 4.68 Å². The molecule has 2 heterocycles. The van der Waals surface area contributed by atoms with Gasteiger partial charge in [-0.25, -0.2) is 23.5 Å². The number of aryl methyl sites for hydroxylation is 1. The summed E-state index contributed by atoms with van der Waals surface area (Å²) < 4.78 is 63.8. The molecule has 0 aliphatic heterocycles. The predicted molar refractivity (Wildman–Crippen MR) is 86.4 cm³/mol. The van der Waals surface area contributed by atoms with Gasteiger partial charge in [0.05, 0.1) is 22.0 Å². The highest BCUT2D eigenvalue weighted by Crippen LogP contribution is 2.34. The molecule has 138 valence electrons. The van der Waals surface area contributed by atoms with E-state index in [1.54, 1.807) is 7.05 Å². The van der Waals surface area contributed by atoms with Gasteiger partial charge in [-0.1, -0.05) is 6.07 Å². The third-order valence-corrected chi connectivity index (χ3v) is 4.61. The summed E-state index contributed by atoms with van der Waals surface area (Å²) in [5.41, 5.74) is -0.544. The van der Waals surface area contributed by atoms with Crippen LogP contribution >= 0.6 is 0 Å². The van der Waals surface area contributed by atoms with Crippen molar-refractivity contribution in [2.75, 3.05) is 5.32 Å². The molecule has 0 saturated carbocycles. The van der Waals surface area contributed by atoms with Crippen LogP contribution in [0, 0.1) is 0 Å². The molecule has 0 spiro atoms. The summed E-state index contributed by atoms with van der Waals surface area (Å²) in [5.74, 6) is 0.396. The fraction of sp³-hybridized carbons (Fsp3) is 0.214. The molecule has 26 heavy (non-hydrogen) atoms. The molecule has 0 fully saturated rings. The van der Waals surface area contributed by atoms with E-state index in [9.17, 15) is 21.6 Å². The summed E-state index contributed by atoms with van der Waals surface area (Å²) in [6, 6.07) is 2.84. The number of hydrogen-bond donors (Lipinski definition) is 2. The van der Waals surface area contributed by atoms with Crippen molar-refractivity contribution in [2.24, 2.45) is 12.2 Å². The molecule has 3 rings (SSSR count). The molecule has 0 bridgehead atoms. The Balaban J connectivity index is 1.93. The van der Waals surface area contributed by atoms with Crippen molar-refractivity contribution in [1.29, 1.82) is 0 Å². The predicted octanol–water partition coefficient (Wildman–Crippen LogP) is 1.64. The van der Waals surface area contributed by atoms with E-state index in [1.165, 1.54) is 23.3 Å². The van der Waals surface area contributed by atoms with Gasteiger partial charge in [0.15, 0.2) is 5.65 Å². The van der Waals surface area contributed by atoms with Crippen molar-refractivity contribution in [1.82, 2.24) is 19.7 Å². The SMILES string of the molecule is Cn1ncc2c(NCc3ccc(S(N)(=O)=O)c(C(F)(F)F)c3)ncnc21. The zero-order chi connectivity index (χ0) is 19.1. The van der Waals surface area contributed by atoms with Crippen molar-refractivity contribution < 1.29 is 21.6 Å². The normalized spacial score (nSPS) is 12.5. The second kappa shape index (κ2) is 6.21. The van der Waals surface area contributed by atoms with Gasteiger partial charge in [-0.2, -0.15) is 18.3 Å². The Morgan fingerprint density at radius 1 is 1.27 bits per heavy atom. The summed E-state index contributed by atoms with van der Waals surface area (Å²) in [4.78, 5) is 7.14. The lowest BCUT2D eigenvalue weighted by Gasteiger charge is -2.14. The van der Waals surface area contributed by atoms with Gasteiger partial charge >= 0.3 is 6.18 Å². The zero-order valence-corrected chi connectivity index (χ0v) is 14.1. The van der Waals surface area contributed by atoms with Crippen molar-refractivity contribution >= 4 is 26.9 Å². The highest BCUT2D eigenvalue weighted by atomic mass is 32.2. The highest BCUT2D eigenvalue weighted by molar-refractivity contribution is 7.89. The van der Waals surface area contributed by atoms with E-state index in [1.807, 2.05) is 0 Å². The first-order valence-corrected chi connectivity index (χ1v) is 8.71. The fourth-order valence-corrected chi connectivity index (χ4v) is 3.18. The van der Waals surface area contributed by atoms with E-state index in [-0.39, 0.29) is 12.1 Å². The Morgan fingerprint density at radius 3 is 2.65 bits per heavy atom. The van der Waals surface area contributed by atoms with E-state index in [2.05, 4.69) is 20.4 Å². The maximum absolute atomic E-state index is 13.2. The monoisotopic (exact) mass is 386 g/mol. The topological polar surface area (TPSA) is 116 Å². The summed E-state index contributed by atoms with van der Waals surface area (Å²) >= 11 is 0. The number of primary sulfonamides is 1. The number of rotatable bonds is 4. The highest BCUT2D eigenvalue weighted by Gasteiger charge is 2.36. The first kappa shape index (κ1) is 18.1. The van der Waals surface area contributed by atoms with Crippen LogP contribution in [0.15, 0.2) is 35.6 Å². The summed E-state index contributed by atoms with van der Waals surface area (Å²) in [6.07, 6.45) is -2.02. The van der Waals surface area contributed by atoms with Crippen LogP contribution in [0.2, 0.25) is 0 Å². The average Bonchev–Trinajstić information content (AvgIpc) is 2.93. The maximum Gasteiger partial charge on any atom is 0.417 e. The molecule has 3 aromatic rings. The van der Waals surface area contributed by atoms with E-state index in [4.69, 9.17) is 5.14 Å². The number of benzene rings is 1. The lowest BCUT2D eigenvalue weighted by atomic mass is 10.1. The molecule has 8 nitrogen and oxygen atoms in total. The molecule has 12 heteroatoms. The molecule has 3 N–H and O–H groups in total. The van der Waals surface area contributed by atoms with Crippen LogP contribution in [0.1, 0.15) is 11.1 Å². The number of sulfonamides is 1. The minimum atomic E-state index is -4.86. The molecule has 2 aromatic heterocycles. The van der Waals surface area contributed by atoms with Gasteiger partial charge in [-0.05, 0) is 17.7 Å². The zero-order valence-electron chi connectivity index (χ0n) is 13.3. The van der Waals surface area contributed by atoms with Crippen molar-refractivity contribution in [3.63, 3.8) is 0 Å². The first-order valence-electron chi connectivity index (χ1n) is 7.17. The third-order valence-electron chi connectivity index (χ3n) is 3.65. The molecular weight excluding hydrogens is 373 g/mol. The molecule has 0 aliphatic rings. The van der Waals surface area contributed by atoms with Crippen molar-refractivity contribution in [3.05, 3.63) is 41.9 Å². The molecule has 0 saturated heterocycles. The van der Waals surface area contributed by atoms with Crippen LogP contribution in [0.5, 0.6) is 0 Å². The number of halogens is 3. The Bertz CT molecular complexity index is 1080. The standard InChI is InChI=1S/C14H13F3N6O2S/c1-23-13-9(6-22-23)12(20-7-21-13)19-5-8-2-3-11(26(18,24)25)10(4-8)14(15,16)17/h2-4,6-7H,5H2,1H3,(H2,18,24,25)(H,19,20,21). The van der Waals surface area contributed by atoms with Crippen molar-refractivity contribution in [3.8, 4) is 0 Å². The molecule has 0 radical (unpaired) electrons. The molecule has 0 atom stereocenters. The van der Waals surface area contributed by atoms with Gasteiger partial charge in [-0.15, -0.1) is 0 Å². The Hall–Kier alpha value is -2.73. The van der Waals surface area contributed by atoms with Crippen LogP contribution in [0.4, 0.5) is 19.0 Å². The molecule has 0 aliphatic carbocycles. The number of hydrogen-bond acceptors (Lipinski definition) is 6. The fourth-order valence-electron chi connectivity index (χ4n) is 2.45. The maximum atomic E-state index is 13.2. The number of nitrogens with one attached hydrogen (secondary N) is 1. The quantitative estimate of drug-likeness (QED) is 0.704. The minimum absolute atomic E-state index is 0.0189.